The van der Waals surface area contributed by atoms with Crippen LogP contribution < -0.4 is 15.4 Å². The van der Waals surface area contributed by atoms with Crippen LogP contribution in [0.15, 0.2) is 18.2 Å². The fourth-order valence-corrected chi connectivity index (χ4v) is 2.24. The molecule has 2 N–H and O–H groups in total. The lowest BCUT2D eigenvalue weighted by molar-refractivity contribution is -0.384. The predicted octanol–water partition coefficient (Wildman–Crippen LogP) is 1.50. The zero-order valence-electron chi connectivity index (χ0n) is 12.5. The molecule has 1 aliphatic rings. The number of carbonyl (C=O) groups excluding carboxylic acids is 1. The molecule has 7 nitrogen and oxygen atoms in total. The third kappa shape index (κ3) is 4.08. The van der Waals surface area contributed by atoms with E-state index in [2.05, 4.69) is 10.6 Å². The first-order chi connectivity index (χ1) is 10.0. The van der Waals surface area contributed by atoms with E-state index in [1.165, 1.54) is 19.2 Å². The first-order valence-corrected chi connectivity index (χ1v) is 6.82. The summed E-state index contributed by atoms with van der Waals surface area (Å²) in [5.41, 5.74) is 0.579. The predicted molar refractivity (Wildman–Crippen MR) is 84.3 cm³/mol. The summed E-state index contributed by atoms with van der Waals surface area (Å²) in [5, 5.41) is 16.8. The van der Waals surface area contributed by atoms with Gasteiger partial charge in [-0.15, -0.1) is 12.4 Å². The highest BCUT2D eigenvalue weighted by Gasteiger charge is 2.28. The average Bonchev–Trinajstić information content (AvgIpc) is 2.42. The molecule has 1 aromatic rings. The number of non-ortho nitro benzene ring substituents is 1. The Hall–Kier alpha value is -1.86. The van der Waals surface area contributed by atoms with Crippen molar-refractivity contribution in [2.45, 2.75) is 13.5 Å². The van der Waals surface area contributed by atoms with Crippen molar-refractivity contribution in [1.29, 1.82) is 0 Å². The molecule has 1 atom stereocenters. The van der Waals surface area contributed by atoms with Crippen LogP contribution >= 0.6 is 12.4 Å². The summed E-state index contributed by atoms with van der Waals surface area (Å²) < 4.78 is 5.17. The molecule has 1 aliphatic heterocycles. The van der Waals surface area contributed by atoms with Gasteiger partial charge in [-0.3, -0.25) is 14.9 Å². The van der Waals surface area contributed by atoms with Crippen LogP contribution in [0.4, 0.5) is 5.69 Å². The van der Waals surface area contributed by atoms with Gasteiger partial charge >= 0.3 is 0 Å². The number of benzene rings is 1. The van der Waals surface area contributed by atoms with Crippen LogP contribution in [0.5, 0.6) is 5.75 Å². The number of hydrogen-bond acceptors (Lipinski definition) is 5. The zero-order valence-corrected chi connectivity index (χ0v) is 13.3. The number of amides is 1. The number of methoxy groups -OCH3 is 1. The molecular weight excluding hydrogens is 310 g/mol. The normalized spacial score (nSPS) is 15.2. The lowest BCUT2D eigenvalue weighted by Gasteiger charge is -2.31. The van der Waals surface area contributed by atoms with E-state index in [0.717, 1.165) is 13.1 Å². The average molecular weight is 330 g/mol. The number of halogens is 1. The third-order valence-electron chi connectivity index (χ3n) is 3.86. The first kappa shape index (κ1) is 18.2. The Balaban J connectivity index is 0.00000242. The van der Waals surface area contributed by atoms with Crippen molar-refractivity contribution in [3.05, 3.63) is 33.9 Å². The van der Waals surface area contributed by atoms with Crippen molar-refractivity contribution < 1.29 is 14.5 Å². The maximum atomic E-state index is 12.1. The highest BCUT2D eigenvalue weighted by molar-refractivity contribution is 5.85. The molecule has 0 saturated carbocycles. The molecule has 1 amide bonds. The van der Waals surface area contributed by atoms with Crippen molar-refractivity contribution in [2.24, 2.45) is 11.8 Å². The van der Waals surface area contributed by atoms with Crippen LogP contribution in [0.3, 0.4) is 0 Å². The van der Waals surface area contributed by atoms with E-state index in [0.29, 0.717) is 17.2 Å². The summed E-state index contributed by atoms with van der Waals surface area (Å²) in [6, 6.07) is 4.35. The summed E-state index contributed by atoms with van der Waals surface area (Å²) in [6.45, 7) is 3.82. The fraction of sp³-hybridized carbons (Fsp3) is 0.500. The smallest absolute Gasteiger partial charge is 0.270 e. The number of nitrogens with zero attached hydrogens (tertiary/aromatic N) is 1. The second kappa shape index (κ2) is 7.95. The molecule has 8 heteroatoms. The molecule has 0 radical (unpaired) electrons. The van der Waals surface area contributed by atoms with Gasteiger partial charge in [0.2, 0.25) is 5.91 Å². The number of hydrogen-bond donors (Lipinski definition) is 2. The van der Waals surface area contributed by atoms with Crippen molar-refractivity contribution in [2.75, 3.05) is 20.2 Å². The van der Waals surface area contributed by atoms with Crippen molar-refractivity contribution in [3.63, 3.8) is 0 Å². The monoisotopic (exact) mass is 329 g/mol. The fourth-order valence-electron chi connectivity index (χ4n) is 2.24. The van der Waals surface area contributed by atoms with E-state index in [4.69, 9.17) is 4.74 Å². The van der Waals surface area contributed by atoms with E-state index in [1.54, 1.807) is 6.07 Å². The van der Waals surface area contributed by atoms with Crippen molar-refractivity contribution >= 4 is 24.0 Å². The summed E-state index contributed by atoms with van der Waals surface area (Å²) in [7, 11) is 1.50. The highest BCUT2D eigenvalue weighted by Crippen LogP contribution is 2.24. The van der Waals surface area contributed by atoms with Crippen LogP contribution in [-0.2, 0) is 11.3 Å². The molecule has 1 heterocycles. The van der Waals surface area contributed by atoms with Gasteiger partial charge in [-0.25, -0.2) is 0 Å². The Bertz CT molecular complexity index is 549. The summed E-state index contributed by atoms with van der Waals surface area (Å²) in [6.07, 6.45) is 0. The molecule has 0 spiro atoms. The number of carbonyl (C=O) groups is 1. The van der Waals surface area contributed by atoms with Crippen LogP contribution in [0, 0.1) is 22.0 Å². The highest BCUT2D eigenvalue weighted by atomic mass is 35.5. The van der Waals surface area contributed by atoms with Gasteiger partial charge in [0, 0.05) is 30.2 Å². The molecule has 1 fully saturated rings. The van der Waals surface area contributed by atoms with Gasteiger partial charge in [0.1, 0.15) is 5.75 Å². The molecule has 0 aromatic heterocycles. The number of nitro groups is 1. The minimum atomic E-state index is -0.465. The number of ether oxygens (including phenoxy) is 1. The maximum Gasteiger partial charge on any atom is 0.270 e. The van der Waals surface area contributed by atoms with E-state index >= 15 is 0 Å². The van der Waals surface area contributed by atoms with Gasteiger partial charge in [0.25, 0.3) is 5.69 Å². The molecule has 1 saturated heterocycles. The van der Waals surface area contributed by atoms with Crippen LogP contribution in [-0.4, -0.2) is 31.0 Å². The molecule has 0 aliphatic carbocycles. The van der Waals surface area contributed by atoms with E-state index in [9.17, 15) is 14.9 Å². The van der Waals surface area contributed by atoms with E-state index < -0.39 is 4.92 Å². The molecule has 122 valence electrons. The van der Waals surface area contributed by atoms with E-state index in [-0.39, 0.29) is 36.5 Å². The second-order valence-electron chi connectivity index (χ2n) is 5.18. The van der Waals surface area contributed by atoms with Gasteiger partial charge in [0.15, 0.2) is 0 Å². The summed E-state index contributed by atoms with van der Waals surface area (Å²) >= 11 is 0. The Morgan fingerprint density at radius 3 is 2.73 bits per heavy atom. The van der Waals surface area contributed by atoms with Gasteiger partial charge in [-0.05, 0) is 25.1 Å². The SMILES string of the molecule is COc1ccc([N+](=O)[O-])cc1CNC(=O)C(C)C1CNC1.Cl. The Morgan fingerprint density at radius 2 is 2.23 bits per heavy atom. The Morgan fingerprint density at radius 1 is 1.55 bits per heavy atom. The van der Waals surface area contributed by atoms with Crippen LogP contribution in [0.2, 0.25) is 0 Å². The van der Waals surface area contributed by atoms with Gasteiger partial charge in [-0.1, -0.05) is 6.92 Å². The summed E-state index contributed by atoms with van der Waals surface area (Å²) in [4.78, 5) is 22.4. The van der Waals surface area contributed by atoms with Gasteiger partial charge in [-0.2, -0.15) is 0 Å². The Kier molecular flexibility index (Phi) is 6.58. The topological polar surface area (TPSA) is 93.5 Å². The number of nitro benzene ring substituents is 1. The molecule has 1 aromatic carbocycles. The minimum Gasteiger partial charge on any atom is -0.496 e. The minimum absolute atomic E-state index is 0. The van der Waals surface area contributed by atoms with Gasteiger partial charge in [0.05, 0.1) is 12.0 Å². The third-order valence-corrected chi connectivity index (χ3v) is 3.86. The standard InChI is InChI=1S/C14H19N3O4.ClH/c1-9(11-6-15-7-11)14(18)16-8-10-5-12(17(19)20)3-4-13(10)21-2;/h3-5,9,11,15H,6-8H2,1-2H3,(H,16,18);1H. The second-order valence-corrected chi connectivity index (χ2v) is 5.18. The van der Waals surface area contributed by atoms with Crippen LogP contribution in [0.1, 0.15) is 12.5 Å². The van der Waals surface area contributed by atoms with E-state index in [1.807, 2.05) is 6.92 Å². The van der Waals surface area contributed by atoms with Gasteiger partial charge < -0.3 is 15.4 Å². The van der Waals surface area contributed by atoms with Crippen LogP contribution in [0.25, 0.3) is 0 Å². The van der Waals surface area contributed by atoms with Crippen molar-refractivity contribution in [3.8, 4) is 5.75 Å². The summed E-state index contributed by atoms with van der Waals surface area (Å²) in [5.74, 6) is 0.766. The molecule has 22 heavy (non-hydrogen) atoms. The maximum absolute atomic E-state index is 12.1. The molecule has 1 unspecified atom stereocenters. The Labute approximate surface area is 135 Å². The first-order valence-electron chi connectivity index (χ1n) is 6.82. The molecule has 0 bridgehead atoms. The number of nitrogens with one attached hydrogen (secondary N) is 2. The number of rotatable bonds is 6. The van der Waals surface area contributed by atoms with Crippen molar-refractivity contribution in [1.82, 2.24) is 10.6 Å². The largest absolute Gasteiger partial charge is 0.496 e. The molecule has 2 rings (SSSR count). The zero-order chi connectivity index (χ0) is 15.4. The quantitative estimate of drug-likeness (QED) is 0.609. The lowest BCUT2D eigenvalue weighted by atomic mass is 9.88. The molecular formula is C14H20ClN3O4. The lowest BCUT2D eigenvalue weighted by Crippen LogP contribution is -2.49.